The van der Waals surface area contributed by atoms with Gasteiger partial charge < -0.3 is 10.4 Å². The van der Waals surface area contributed by atoms with E-state index in [1.165, 1.54) is 0 Å². The van der Waals surface area contributed by atoms with Crippen molar-refractivity contribution in [3.05, 3.63) is 81.0 Å². The number of fused-ring (bicyclic) bond motifs is 1. The van der Waals surface area contributed by atoms with Gasteiger partial charge in [0.25, 0.3) is 5.56 Å². The Hall–Kier alpha value is -3.32. The van der Waals surface area contributed by atoms with Crippen molar-refractivity contribution in [1.29, 1.82) is 5.53 Å². The van der Waals surface area contributed by atoms with E-state index < -0.39 is 6.10 Å². The minimum absolute atomic E-state index is 0.0838. The highest BCUT2D eigenvalue weighted by atomic mass is 16.3. The number of rotatable bonds is 6. The highest BCUT2D eigenvalue weighted by molar-refractivity contribution is 5.83. The normalized spacial score (nSPS) is 18.8. The molecule has 0 unspecified atom stereocenters. The number of aryl methyl sites for hydroxylation is 1. The van der Waals surface area contributed by atoms with Crippen LogP contribution in [0.4, 0.5) is 0 Å². The smallest absolute Gasteiger partial charge is 0.261 e. The van der Waals surface area contributed by atoms with E-state index in [1.54, 1.807) is 24.1 Å². The number of hydrogen-bond donors (Lipinski definition) is 3. The molecule has 32 heavy (non-hydrogen) atoms. The van der Waals surface area contributed by atoms with E-state index in [4.69, 9.17) is 5.53 Å². The summed E-state index contributed by atoms with van der Waals surface area (Å²) in [6.07, 6.45) is 5.93. The second-order valence-corrected chi connectivity index (χ2v) is 8.51. The topological polar surface area (TPSA) is 103 Å². The van der Waals surface area contributed by atoms with Gasteiger partial charge in [0.2, 0.25) is 0 Å². The Kier molecular flexibility index (Phi) is 6.19. The summed E-state index contributed by atoms with van der Waals surface area (Å²) in [6.45, 7) is 4.08. The van der Waals surface area contributed by atoms with Gasteiger partial charge in [-0.05, 0) is 67.9 Å². The molecule has 1 aromatic heterocycles. The fourth-order valence-corrected chi connectivity index (χ4v) is 4.61. The fourth-order valence-electron chi connectivity index (χ4n) is 4.61. The lowest BCUT2D eigenvalue weighted by atomic mass is 9.94. The van der Waals surface area contributed by atoms with Crippen LogP contribution in [0.5, 0.6) is 0 Å². The second-order valence-electron chi connectivity index (χ2n) is 8.51. The maximum Gasteiger partial charge on any atom is 0.261 e. The van der Waals surface area contributed by atoms with Crippen LogP contribution < -0.4 is 10.9 Å². The first-order valence-corrected chi connectivity index (χ1v) is 11.0. The van der Waals surface area contributed by atoms with Crippen LogP contribution in [0.2, 0.25) is 0 Å². The van der Waals surface area contributed by atoms with Crippen LogP contribution in [0.1, 0.15) is 53.1 Å². The first kappa shape index (κ1) is 21.9. The number of aromatic nitrogens is 2. The van der Waals surface area contributed by atoms with Gasteiger partial charge in [-0.25, -0.2) is 10.5 Å². The van der Waals surface area contributed by atoms with Gasteiger partial charge in [0.05, 0.1) is 29.4 Å². The molecule has 0 radical (unpaired) electrons. The molecule has 3 N–H and O–H groups in total. The van der Waals surface area contributed by atoms with Crippen molar-refractivity contribution in [3.8, 4) is 0 Å². The number of hydrogen-bond acceptors (Lipinski definition) is 6. The molecule has 1 aliphatic carbocycles. The highest BCUT2D eigenvalue weighted by Gasteiger charge is 2.28. The average molecular weight is 432 g/mol. The Bertz CT molecular complexity index is 1240. The molecule has 1 heterocycles. The standard InChI is InChI=1S/C25H29N5O2/c1-15-16(2)24-20(25(32)30(14-28-24)22-5-4-6-23(22)31)12-19(15)11-17-7-9-18(10-8-17)21(29-26)13-27-3/h7-10,12-14,22-23,26-27,31H,4-6,11H2,1-3H3/b21-13-,29-26?/t22-,23-/m1/s1. The lowest BCUT2D eigenvalue weighted by molar-refractivity contribution is 0.134. The number of benzene rings is 2. The molecule has 166 valence electrons. The van der Waals surface area contributed by atoms with E-state index >= 15 is 0 Å². The van der Waals surface area contributed by atoms with Gasteiger partial charge in [0.15, 0.2) is 0 Å². The molecule has 2 atom stereocenters. The maximum atomic E-state index is 13.3. The Morgan fingerprint density at radius 2 is 2.03 bits per heavy atom. The number of aliphatic hydroxyl groups excluding tert-OH is 1. The zero-order chi connectivity index (χ0) is 22.8. The first-order valence-electron chi connectivity index (χ1n) is 11.0. The number of nitrogens with zero attached hydrogens (tertiary/aromatic N) is 3. The lowest BCUT2D eigenvalue weighted by Gasteiger charge is -2.19. The molecule has 7 nitrogen and oxygen atoms in total. The third-order valence-electron chi connectivity index (χ3n) is 6.60. The molecule has 3 aromatic rings. The molecule has 4 rings (SSSR count). The largest absolute Gasteiger partial charge is 0.392 e. The van der Waals surface area contributed by atoms with E-state index in [9.17, 15) is 9.90 Å². The average Bonchev–Trinajstić information content (AvgIpc) is 3.22. The minimum atomic E-state index is -0.492. The van der Waals surface area contributed by atoms with Crippen molar-refractivity contribution in [1.82, 2.24) is 14.9 Å². The number of aliphatic hydroxyl groups is 1. The summed E-state index contributed by atoms with van der Waals surface area (Å²) in [6, 6.07) is 9.73. The zero-order valence-corrected chi connectivity index (χ0v) is 18.7. The quantitative estimate of drug-likeness (QED) is 0.508. The molecule has 0 amide bonds. The van der Waals surface area contributed by atoms with Crippen molar-refractivity contribution in [2.24, 2.45) is 5.11 Å². The van der Waals surface area contributed by atoms with Crippen molar-refractivity contribution in [3.63, 3.8) is 0 Å². The Morgan fingerprint density at radius 1 is 1.28 bits per heavy atom. The minimum Gasteiger partial charge on any atom is -0.392 e. The first-order chi connectivity index (χ1) is 15.4. The lowest BCUT2D eigenvalue weighted by Crippen LogP contribution is -2.29. The van der Waals surface area contributed by atoms with Crippen LogP contribution in [-0.2, 0) is 6.42 Å². The Morgan fingerprint density at radius 3 is 2.66 bits per heavy atom. The van der Waals surface area contributed by atoms with Crippen LogP contribution in [0, 0.1) is 19.4 Å². The van der Waals surface area contributed by atoms with Gasteiger partial charge in [-0.15, -0.1) is 0 Å². The predicted octanol–water partition coefficient (Wildman–Crippen LogP) is 4.24. The van der Waals surface area contributed by atoms with Gasteiger partial charge in [0.1, 0.15) is 5.70 Å². The van der Waals surface area contributed by atoms with Crippen LogP contribution in [0.25, 0.3) is 16.6 Å². The molecule has 1 aliphatic rings. The van der Waals surface area contributed by atoms with Gasteiger partial charge >= 0.3 is 0 Å². The van der Waals surface area contributed by atoms with E-state index in [-0.39, 0.29) is 11.6 Å². The molecule has 2 aromatic carbocycles. The van der Waals surface area contributed by atoms with E-state index in [1.807, 2.05) is 37.3 Å². The molecule has 0 aliphatic heterocycles. The third-order valence-corrected chi connectivity index (χ3v) is 6.60. The van der Waals surface area contributed by atoms with Gasteiger partial charge in [-0.1, -0.05) is 24.3 Å². The maximum absolute atomic E-state index is 13.3. The van der Waals surface area contributed by atoms with Crippen molar-refractivity contribution >= 4 is 16.6 Å². The van der Waals surface area contributed by atoms with E-state index in [2.05, 4.69) is 22.3 Å². The molecule has 1 fully saturated rings. The zero-order valence-electron chi connectivity index (χ0n) is 18.7. The molecular formula is C25H29N5O2. The van der Waals surface area contributed by atoms with Crippen LogP contribution >= 0.6 is 0 Å². The summed E-state index contributed by atoms with van der Waals surface area (Å²) in [5, 5.41) is 17.4. The Labute approximate surface area is 187 Å². The van der Waals surface area contributed by atoms with Gasteiger partial charge in [-0.3, -0.25) is 9.36 Å². The summed E-state index contributed by atoms with van der Waals surface area (Å²) in [7, 11) is 1.78. The summed E-state index contributed by atoms with van der Waals surface area (Å²) in [5.41, 5.74) is 13.8. The van der Waals surface area contributed by atoms with Gasteiger partial charge in [0, 0.05) is 18.8 Å². The van der Waals surface area contributed by atoms with Gasteiger partial charge in [-0.2, -0.15) is 5.11 Å². The van der Waals surface area contributed by atoms with Crippen LogP contribution in [0.15, 0.2) is 52.8 Å². The van der Waals surface area contributed by atoms with E-state index in [0.29, 0.717) is 17.5 Å². The summed E-state index contributed by atoms with van der Waals surface area (Å²) < 4.78 is 1.62. The monoisotopic (exact) mass is 431 g/mol. The Balaban J connectivity index is 1.72. The predicted molar refractivity (Wildman–Crippen MR) is 126 cm³/mol. The summed E-state index contributed by atoms with van der Waals surface area (Å²) in [4.78, 5) is 17.9. The molecule has 0 spiro atoms. The second kappa shape index (κ2) is 9.04. The molecule has 0 saturated heterocycles. The third kappa shape index (κ3) is 3.96. The van der Waals surface area contributed by atoms with Crippen molar-refractivity contribution in [2.45, 2.75) is 51.7 Å². The fraction of sp³-hybridized carbons (Fsp3) is 0.360. The molecular weight excluding hydrogens is 402 g/mol. The van der Waals surface area contributed by atoms with Crippen molar-refractivity contribution in [2.75, 3.05) is 7.05 Å². The summed E-state index contributed by atoms with van der Waals surface area (Å²) >= 11 is 0. The van der Waals surface area contributed by atoms with Crippen LogP contribution in [0.3, 0.4) is 0 Å². The number of nitrogens with one attached hydrogen (secondary N) is 2. The molecule has 7 heteroatoms. The SMILES string of the molecule is CN/C=C(\N=N)c1ccc(Cc2cc3c(=O)n([C@@H]4CCC[C@H]4O)cnc3c(C)c2C)cc1. The molecule has 0 bridgehead atoms. The van der Waals surface area contributed by atoms with E-state index in [0.717, 1.165) is 52.6 Å². The molecule has 1 saturated carbocycles. The van der Waals surface area contributed by atoms with Crippen molar-refractivity contribution < 1.29 is 5.11 Å². The summed E-state index contributed by atoms with van der Waals surface area (Å²) in [5.74, 6) is 0. The van der Waals surface area contributed by atoms with Crippen LogP contribution in [-0.4, -0.2) is 27.8 Å². The highest BCUT2D eigenvalue weighted by Crippen LogP contribution is 2.30.